The summed E-state index contributed by atoms with van der Waals surface area (Å²) in [5.41, 5.74) is 1.20. The van der Waals surface area contributed by atoms with E-state index in [-0.39, 0.29) is 18.0 Å². The fourth-order valence-corrected chi connectivity index (χ4v) is 3.48. The maximum Gasteiger partial charge on any atom is 0.317 e. The molecule has 136 valence electrons. The first kappa shape index (κ1) is 17.6. The molecule has 2 heterocycles. The van der Waals surface area contributed by atoms with Gasteiger partial charge in [-0.25, -0.2) is 4.79 Å². The summed E-state index contributed by atoms with van der Waals surface area (Å²) >= 11 is 0. The van der Waals surface area contributed by atoms with Gasteiger partial charge in [0, 0.05) is 32.6 Å². The summed E-state index contributed by atoms with van der Waals surface area (Å²) in [6.45, 7) is 5.49. The van der Waals surface area contributed by atoms with E-state index in [9.17, 15) is 9.59 Å². The second-order valence-electron chi connectivity index (χ2n) is 6.83. The van der Waals surface area contributed by atoms with Gasteiger partial charge in [0.2, 0.25) is 5.91 Å². The Morgan fingerprint density at radius 1 is 1.28 bits per heavy atom. The quantitative estimate of drug-likeness (QED) is 0.804. The molecule has 0 spiro atoms. The molecule has 0 aliphatic carbocycles. The van der Waals surface area contributed by atoms with Crippen LogP contribution in [0.15, 0.2) is 24.3 Å². The molecule has 2 aliphatic heterocycles. The molecule has 1 unspecified atom stereocenters. The van der Waals surface area contributed by atoms with Crippen LogP contribution in [0.1, 0.15) is 31.2 Å². The van der Waals surface area contributed by atoms with Gasteiger partial charge >= 0.3 is 6.03 Å². The van der Waals surface area contributed by atoms with Gasteiger partial charge in [0.1, 0.15) is 5.75 Å². The smallest absolute Gasteiger partial charge is 0.317 e. The lowest BCUT2D eigenvalue weighted by atomic mass is 10.0. The van der Waals surface area contributed by atoms with Gasteiger partial charge in [-0.2, -0.15) is 0 Å². The Morgan fingerprint density at radius 2 is 2.08 bits per heavy atom. The van der Waals surface area contributed by atoms with Crippen molar-refractivity contribution in [1.29, 1.82) is 0 Å². The Labute approximate surface area is 149 Å². The summed E-state index contributed by atoms with van der Waals surface area (Å²) in [5.74, 6) is 1.01. The number of carbonyl (C=O) groups excluding carboxylic acids is 2. The van der Waals surface area contributed by atoms with Crippen LogP contribution in [0.25, 0.3) is 0 Å². The van der Waals surface area contributed by atoms with Crippen LogP contribution in [0.4, 0.5) is 4.79 Å². The molecule has 0 radical (unpaired) electrons. The Morgan fingerprint density at radius 3 is 2.80 bits per heavy atom. The number of benzene rings is 1. The first-order valence-electron chi connectivity index (χ1n) is 9.15. The summed E-state index contributed by atoms with van der Waals surface area (Å²) in [5, 5.41) is 2.84. The number of nitrogens with one attached hydrogen (secondary N) is 1. The normalized spacial score (nSPS) is 20.5. The van der Waals surface area contributed by atoms with Crippen molar-refractivity contribution in [3.05, 3.63) is 29.8 Å². The number of hydrogen-bond acceptors (Lipinski definition) is 3. The van der Waals surface area contributed by atoms with Gasteiger partial charge in [-0.15, -0.1) is 0 Å². The molecule has 0 saturated carbocycles. The number of rotatable bonds is 6. The third kappa shape index (κ3) is 4.65. The fourth-order valence-electron chi connectivity index (χ4n) is 3.48. The molecule has 6 heteroatoms. The maximum atomic E-state index is 12.4. The summed E-state index contributed by atoms with van der Waals surface area (Å²) < 4.78 is 5.68. The van der Waals surface area contributed by atoms with Crippen LogP contribution in [0.5, 0.6) is 5.75 Å². The van der Waals surface area contributed by atoms with Gasteiger partial charge in [0.15, 0.2) is 0 Å². The number of aryl methyl sites for hydroxylation is 1. The fraction of sp³-hybridized carbons (Fsp3) is 0.579. The molecular weight excluding hydrogens is 318 g/mol. The number of amides is 3. The van der Waals surface area contributed by atoms with Gasteiger partial charge in [-0.05, 0) is 38.3 Å². The number of nitrogens with zero attached hydrogens (tertiary/aromatic N) is 2. The average molecular weight is 345 g/mol. The minimum Gasteiger partial charge on any atom is -0.494 e. The first-order valence-corrected chi connectivity index (χ1v) is 9.15. The summed E-state index contributed by atoms with van der Waals surface area (Å²) in [6, 6.07) is 8.10. The number of piperidine rings is 1. The number of likely N-dealkylation sites (tertiary alicyclic amines) is 1. The molecule has 2 fully saturated rings. The lowest BCUT2D eigenvalue weighted by Crippen LogP contribution is -2.50. The van der Waals surface area contributed by atoms with E-state index in [1.807, 2.05) is 41.0 Å². The van der Waals surface area contributed by atoms with E-state index in [1.165, 1.54) is 5.56 Å². The summed E-state index contributed by atoms with van der Waals surface area (Å²) in [7, 11) is 0. The zero-order chi connectivity index (χ0) is 17.6. The second-order valence-corrected chi connectivity index (χ2v) is 6.83. The minimum atomic E-state index is 0.00537. The Balaban J connectivity index is 1.40. The zero-order valence-corrected chi connectivity index (χ0v) is 14.9. The van der Waals surface area contributed by atoms with Crippen LogP contribution in [-0.4, -0.2) is 60.6 Å². The molecule has 1 aromatic carbocycles. The number of carbonyl (C=O) groups is 2. The molecule has 1 N–H and O–H groups in total. The topological polar surface area (TPSA) is 61.9 Å². The van der Waals surface area contributed by atoms with Crippen LogP contribution in [0.2, 0.25) is 0 Å². The molecule has 3 rings (SSSR count). The molecule has 3 amide bonds. The van der Waals surface area contributed by atoms with E-state index in [4.69, 9.17) is 4.74 Å². The van der Waals surface area contributed by atoms with Crippen molar-refractivity contribution in [2.24, 2.45) is 0 Å². The zero-order valence-electron chi connectivity index (χ0n) is 14.9. The molecule has 2 saturated heterocycles. The maximum absolute atomic E-state index is 12.4. The first-order chi connectivity index (χ1) is 12.1. The third-order valence-electron chi connectivity index (χ3n) is 4.90. The van der Waals surface area contributed by atoms with Crippen molar-refractivity contribution >= 4 is 11.9 Å². The molecule has 0 bridgehead atoms. The predicted molar refractivity (Wildman–Crippen MR) is 95.6 cm³/mol. The van der Waals surface area contributed by atoms with Crippen molar-refractivity contribution in [2.45, 2.75) is 38.6 Å². The van der Waals surface area contributed by atoms with Crippen molar-refractivity contribution < 1.29 is 14.3 Å². The monoisotopic (exact) mass is 345 g/mol. The third-order valence-corrected chi connectivity index (χ3v) is 4.90. The Kier molecular flexibility index (Phi) is 5.79. The lowest BCUT2D eigenvalue weighted by molar-refractivity contribution is -0.133. The van der Waals surface area contributed by atoms with Crippen LogP contribution in [0.3, 0.4) is 0 Å². The molecule has 0 aromatic heterocycles. The minimum absolute atomic E-state index is 0.00537. The largest absolute Gasteiger partial charge is 0.494 e. The Hall–Kier alpha value is -2.24. The second kappa shape index (κ2) is 8.23. The van der Waals surface area contributed by atoms with E-state index < -0.39 is 0 Å². The predicted octanol–water partition coefficient (Wildman–Crippen LogP) is 2.17. The van der Waals surface area contributed by atoms with Crippen molar-refractivity contribution in [3.63, 3.8) is 0 Å². The highest BCUT2D eigenvalue weighted by Crippen LogP contribution is 2.19. The van der Waals surface area contributed by atoms with E-state index in [0.717, 1.165) is 31.7 Å². The van der Waals surface area contributed by atoms with E-state index in [0.29, 0.717) is 32.5 Å². The van der Waals surface area contributed by atoms with Gasteiger partial charge in [0.25, 0.3) is 0 Å². The van der Waals surface area contributed by atoms with Crippen LogP contribution in [-0.2, 0) is 4.79 Å². The lowest BCUT2D eigenvalue weighted by Gasteiger charge is -2.37. The standard InChI is InChI=1S/C19H27N3O3/c1-15-6-8-17(9-7-15)25-13-3-5-18(23)21-11-2-4-16(14-21)22-12-10-20-19(22)24/h6-9,16H,2-5,10-14H2,1H3,(H,20,24). The average Bonchev–Trinajstić information content (AvgIpc) is 3.06. The van der Waals surface area contributed by atoms with Gasteiger partial charge in [-0.3, -0.25) is 4.79 Å². The summed E-state index contributed by atoms with van der Waals surface area (Å²) in [4.78, 5) is 28.0. The van der Waals surface area contributed by atoms with Gasteiger partial charge in [-0.1, -0.05) is 17.7 Å². The summed E-state index contributed by atoms with van der Waals surface area (Å²) in [6.07, 6.45) is 3.14. The van der Waals surface area contributed by atoms with Crippen LogP contribution in [0, 0.1) is 6.92 Å². The number of ether oxygens (including phenoxy) is 1. The molecule has 1 atom stereocenters. The van der Waals surface area contributed by atoms with Crippen molar-refractivity contribution in [3.8, 4) is 5.75 Å². The van der Waals surface area contributed by atoms with Gasteiger partial charge < -0.3 is 19.9 Å². The van der Waals surface area contributed by atoms with E-state index in [1.54, 1.807) is 0 Å². The highest BCUT2D eigenvalue weighted by molar-refractivity contribution is 5.78. The van der Waals surface area contributed by atoms with Gasteiger partial charge in [0.05, 0.1) is 12.6 Å². The highest BCUT2D eigenvalue weighted by atomic mass is 16.5. The number of hydrogen-bond donors (Lipinski definition) is 1. The van der Waals surface area contributed by atoms with Crippen LogP contribution >= 0.6 is 0 Å². The van der Waals surface area contributed by atoms with Crippen LogP contribution < -0.4 is 10.1 Å². The SMILES string of the molecule is Cc1ccc(OCCCC(=O)N2CCCC(N3CCNC3=O)C2)cc1. The Bertz CT molecular complexity index is 602. The number of urea groups is 1. The van der Waals surface area contributed by atoms with E-state index >= 15 is 0 Å². The van der Waals surface area contributed by atoms with E-state index in [2.05, 4.69) is 5.32 Å². The molecule has 6 nitrogen and oxygen atoms in total. The molecule has 1 aromatic rings. The van der Waals surface area contributed by atoms with Crippen molar-refractivity contribution in [1.82, 2.24) is 15.1 Å². The molecule has 2 aliphatic rings. The molecule has 25 heavy (non-hydrogen) atoms. The van der Waals surface area contributed by atoms with Crippen molar-refractivity contribution in [2.75, 3.05) is 32.8 Å². The highest BCUT2D eigenvalue weighted by Gasteiger charge is 2.32. The molecular formula is C19H27N3O3.